The lowest BCUT2D eigenvalue weighted by Gasteiger charge is -2.05. The first-order valence-corrected chi connectivity index (χ1v) is 5.85. The summed E-state index contributed by atoms with van der Waals surface area (Å²) in [5.41, 5.74) is 0. The fourth-order valence-electron chi connectivity index (χ4n) is 1.32. The molecule has 0 aliphatic carbocycles. The summed E-state index contributed by atoms with van der Waals surface area (Å²) >= 11 is 0. The van der Waals surface area contributed by atoms with Crippen LogP contribution >= 0.6 is 0 Å². The van der Waals surface area contributed by atoms with Crippen LogP contribution in [-0.4, -0.2) is 32.4 Å². The normalized spacial score (nSPS) is 26.9. The molecule has 0 radical (unpaired) electrons. The molecule has 0 aromatic rings. The third-order valence-electron chi connectivity index (χ3n) is 1.95. The minimum absolute atomic E-state index is 0.0266. The fraction of sp³-hybridized carbons (Fsp3) is 0.857. The number of amides is 1. The van der Waals surface area contributed by atoms with E-state index in [0.717, 1.165) is 0 Å². The van der Waals surface area contributed by atoms with E-state index >= 15 is 0 Å². The van der Waals surface area contributed by atoms with Gasteiger partial charge in [0.25, 0.3) is 0 Å². The Labute approximate surface area is 72.3 Å². The van der Waals surface area contributed by atoms with Gasteiger partial charge < -0.3 is 5.32 Å². The van der Waals surface area contributed by atoms with Crippen LogP contribution in [0.3, 0.4) is 0 Å². The predicted octanol–water partition coefficient (Wildman–Crippen LogP) is -0.443. The molecule has 1 N–H and O–H groups in total. The molecule has 1 atom stereocenters. The summed E-state index contributed by atoms with van der Waals surface area (Å²) in [7, 11) is -2.92. The van der Waals surface area contributed by atoms with E-state index in [1.54, 1.807) is 0 Å². The van der Waals surface area contributed by atoms with Gasteiger partial charge >= 0.3 is 0 Å². The molecule has 1 heterocycles. The average Bonchev–Trinajstić information content (AvgIpc) is 2.31. The monoisotopic (exact) mass is 191 g/mol. The maximum atomic E-state index is 11.2. The number of hydrogen-bond acceptors (Lipinski definition) is 3. The predicted molar refractivity (Wildman–Crippen MR) is 45.4 cm³/mol. The molecule has 1 saturated heterocycles. The second-order valence-electron chi connectivity index (χ2n) is 2.99. The Kier molecular flexibility index (Phi) is 2.72. The highest BCUT2D eigenvalue weighted by Gasteiger charge is 2.32. The Morgan fingerprint density at radius 2 is 2.25 bits per heavy atom. The average molecular weight is 191 g/mol. The molecule has 1 unspecified atom stereocenters. The van der Waals surface area contributed by atoms with Gasteiger partial charge in [-0.05, 0) is 13.3 Å². The largest absolute Gasteiger partial charge is 0.356 e. The Bertz CT molecular complexity index is 270. The molecule has 5 heteroatoms. The van der Waals surface area contributed by atoms with Gasteiger partial charge in [-0.2, -0.15) is 0 Å². The van der Waals surface area contributed by atoms with Gasteiger partial charge in [0.15, 0.2) is 9.84 Å². The van der Waals surface area contributed by atoms with E-state index in [9.17, 15) is 13.2 Å². The molecule has 1 fully saturated rings. The minimum atomic E-state index is -2.92. The van der Waals surface area contributed by atoms with Gasteiger partial charge in [0.2, 0.25) is 5.91 Å². The summed E-state index contributed by atoms with van der Waals surface area (Å²) in [6.45, 7) is 2.39. The molecule has 1 aliphatic heterocycles. The lowest BCUT2D eigenvalue weighted by atomic mass is 10.1. The van der Waals surface area contributed by atoms with Crippen LogP contribution in [0, 0.1) is 5.92 Å². The molecule has 0 aromatic heterocycles. The Morgan fingerprint density at radius 1 is 1.58 bits per heavy atom. The highest BCUT2D eigenvalue weighted by Crippen LogP contribution is 2.17. The summed E-state index contributed by atoms with van der Waals surface area (Å²) in [4.78, 5) is 11.2. The lowest BCUT2D eigenvalue weighted by molar-refractivity contribution is -0.124. The van der Waals surface area contributed by atoms with E-state index in [0.29, 0.717) is 13.0 Å². The van der Waals surface area contributed by atoms with E-state index in [1.807, 2.05) is 6.92 Å². The van der Waals surface area contributed by atoms with Crippen LogP contribution in [0.2, 0.25) is 0 Å². The summed E-state index contributed by atoms with van der Waals surface area (Å²) < 4.78 is 21.9. The molecule has 12 heavy (non-hydrogen) atoms. The van der Waals surface area contributed by atoms with E-state index in [4.69, 9.17) is 0 Å². The molecule has 0 spiro atoms. The van der Waals surface area contributed by atoms with Gasteiger partial charge in [-0.25, -0.2) is 8.42 Å². The number of carbonyl (C=O) groups excluding carboxylic acids is 1. The van der Waals surface area contributed by atoms with Crippen molar-refractivity contribution in [3.05, 3.63) is 0 Å². The molecular formula is C7H13NO3S. The van der Waals surface area contributed by atoms with E-state index in [1.165, 1.54) is 0 Å². The van der Waals surface area contributed by atoms with E-state index in [-0.39, 0.29) is 23.3 Å². The van der Waals surface area contributed by atoms with Crippen molar-refractivity contribution in [3.63, 3.8) is 0 Å². The topological polar surface area (TPSA) is 63.2 Å². The smallest absolute Gasteiger partial charge is 0.224 e. The summed E-state index contributed by atoms with van der Waals surface area (Å²) in [6, 6.07) is 0. The van der Waals surface area contributed by atoms with Crippen molar-refractivity contribution in [1.82, 2.24) is 5.32 Å². The zero-order chi connectivity index (χ0) is 9.19. The highest BCUT2D eigenvalue weighted by molar-refractivity contribution is 7.91. The van der Waals surface area contributed by atoms with Crippen LogP contribution in [0.25, 0.3) is 0 Å². The number of carbonyl (C=O) groups is 1. The number of sulfone groups is 1. The number of hydrogen-bond donors (Lipinski definition) is 1. The van der Waals surface area contributed by atoms with Crippen LogP contribution in [0.5, 0.6) is 0 Å². The zero-order valence-corrected chi connectivity index (χ0v) is 7.86. The van der Waals surface area contributed by atoms with Crippen molar-refractivity contribution < 1.29 is 13.2 Å². The Hall–Kier alpha value is -0.580. The molecule has 0 saturated carbocycles. The van der Waals surface area contributed by atoms with Crippen molar-refractivity contribution in [2.75, 3.05) is 18.1 Å². The van der Waals surface area contributed by atoms with Crippen molar-refractivity contribution in [2.45, 2.75) is 13.3 Å². The van der Waals surface area contributed by atoms with Crippen molar-refractivity contribution in [1.29, 1.82) is 0 Å². The van der Waals surface area contributed by atoms with Crippen LogP contribution < -0.4 is 5.32 Å². The first-order valence-electron chi connectivity index (χ1n) is 4.03. The molecule has 0 aromatic carbocycles. The van der Waals surface area contributed by atoms with Crippen molar-refractivity contribution in [3.8, 4) is 0 Å². The standard InChI is InChI=1S/C7H13NO3S/c1-2-8-7(9)6-3-4-12(10,11)5-6/h6H,2-5H2,1H3,(H,8,9). The van der Waals surface area contributed by atoms with Crippen LogP contribution in [0.1, 0.15) is 13.3 Å². The zero-order valence-electron chi connectivity index (χ0n) is 7.04. The molecule has 70 valence electrons. The van der Waals surface area contributed by atoms with Crippen LogP contribution in [0.4, 0.5) is 0 Å². The van der Waals surface area contributed by atoms with Gasteiger partial charge in [0.1, 0.15) is 0 Å². The van der Waals surface area contributed by atoms with Gasteiger partial charge in [0.05, 0.1) is 17.4 Å². The Balaban J connectivity index is 2.53. The SMILES string of the molecule is CCNC(=O)C1CCS(=O)(=O)C1. The van der Waals surface area contributed by atoms with Gasteiger partial charge in [0, 0.05) is 6.54 Å². The van der Waals surface area contributed by atoms with Gasteiger partial charge in [-0.15, -0.1) is 0 Å². The first-order chi connectivity index (χ1) is 5.55. The first kappa shape index (κ1) is 9.51. The summed E-state index contributed by atoms with van der Waals surface area (Å²) in [5.74, 6) is -0.248. The lowest BCUT2D eigenvalue weighted by Crippen LogP contribution is -2.30. The van der Waals surface area contributed by atoms with Gasteiger partial charge in [-0.1, -0.05) is 0 Å². The van der Waals surface area contributed by atoms with Crippen molar-refractivity contribution >= 4 is 15.7 Å². The third-order valence-corrected chi connectivity index (χ3v) is 3.72. The molecule has 0 bridgehead atoms. The summed E-state index contributed by atoms with van der Waals surface area (Å²) in [6.07, 6.45) is 0.480. The third kappa shape index (κ3) is 2.20. The van der Waals surface area contributed by atoms with Crippen LogP contribution in [0.15, 0.2) is 0 Å². The molecule has 1 amide bonds. The molecule has 4 nitrogen and oxygen atoms in total. The second-order valence-corrected chi connectivity index (χ2v) is 5.22. The maximum Gasteiger partial charge on any atom is 0.224 e. The van der Waals surface area contributed by atoms with Gasteiger partial charge in [-0.3, -0.25) is 4.79 Å². The van der Waals surface area contributed by atoms with E-state index < -0.39 is 9.84 Å². The maximum absolute atomic E-state index is 11.2. The number of rotatable bonds is 2. The van der Waals surface area contributed by atoms with E-state index in [2.05, 4.69) is 5.32 Å². The quantitative estimate of drug-likeness (QED) is 0.643. The highest BCUT2D eigenvalue weighted by atomic mass is 32.2. The molecular weight excluding hydrogens is 178 g/mol. The van der Waals surface area contributed by atoms with Crippen molar-refractivity contribution in [2.24, 2.45) is 5.92 Å². The minimum Gasteiger partial charge on any atom is -0.356 e. The van der Waals surface area contributed by atoms with Crippen LogP contribution in [-0.2, 0) is 14.6 Å². The summed E-state index contributed by atoms with van der Waals surface area (Å²) in [5, 5.41) is 2.62. The Morgan fingerprint density at radius 3 is 2.67 bits per heavy atom. The fourth-order valence-corrected chi connectivity index (χ4v) is 3.06. The number of nitrogens with one attached hydrogen (secondary N) is 1. The second kappa shape index (κ2) is 3.43. The molecule has 1 rings (SSSR count). The molecule has 1 aliphatic rings.